The molecule has 0 bridgehead atoms. The number of ether oxygens (including phenoxy) is 2. The summed E-state index contributed by atoms with van der Waals surface area (Å²) in [6, 6.07) is 8.68. The molecule has 1 N–H and O–H groups in total. The molecule has 19 heavy (non-hydrogen) atoms. The highest BCUT2D eigenvalue weighted by molar-refractivity contribution is 6.82. The molecule has 100 valence electrons. The highest BCUT2D eigenvalue weighted by Crippen LogP contribution is 2.23. The highest BCUT2D eigenvalue weighted by Gasteiger charge is 2.09. The van der Waals surface area contributed by atoms with Gasteiger partial charge in [-0.3, -0.25) is 5.43 Å². The van der Waals surface area contributed by atoms with Crippen LogP contribution in [-0.2, 0) is 9.53 Å². The smallest absolute Gasteiger partial charge is 0.370 e. The van der Waals surface area contributed by atoms with Gasteiger partial charge in [0.15, 0.2) is 6.61 Å². The number of nitrogens with one attached hydrogen (secondary N) is 1. The normalized spacial score (nSPS) is 10.5. The Labute approximate surface area is 115 Å². The monoisotopic (exact) mass is 281 g/mol. The van der Waals surface area contributed by atoms with Gasteiger partial charge in [0.25, 0.3) is 0 Å². The van der Waals surface area contributed by atoms with Gasteiger partial charge in [-0.1, -0.05) is 23.7 Å². The van der Waals surface area contributed by atoms with Crippen molar-refractivity contribution in [3.63, 3.8) is 0 Å². The number of anilines is 1. The van der Waals surface area contributed by atoms with E-state index < -0.39 is 5.97 Å². The van der Waals surface area contributed by atoms with E-state index in [0.29, 0.717) is 11.4 Å². The van der Waals surface area contributed by atoms with Crippen LogP contribution in [0.5, 0.6) is 5.75 Å². The lowest BCUT2D eigenvalue weighted by Gasteiger charge is -2.08. The molecule has 0 saturated carbocycles. The number of hydrogen-bond donors (Lipinski definition) is 1. The molecule has 0 aliphatic rings. The summed E-state index contributed by atoms with van der Waals surface area (Å²) in [6.07, 6.45) is 0. The van der Waals surface area contributed by atoms with E-state index >= 15 is 0 Å². The molecule has 6 nitrogen and oxygen atoms in total. The van der Waals surface area contributed by atoms with Crippen LogP contribution in [0.2, 0.25) is 0 Å². The second-order valence-electron chi connectivity index (χ2n) is 3.18. The van der Waals surface area contributed by atoms with Crippen LogP contribution in [0.25, 0.3) is 0 Å². The first-order valence-corrected chi connectivity index (χ1v) is 5.82. The molecule has 1 aromatic carbocycles. The van der Waals surface area contributed by atoms with Gasteiger partial charge < -0.3 is 9.47 Å². The molecule has 7 heteroatoms. The van der Waals surface area contributed by atoms with Crippen molar-refractivity contribution in [2.45, 2.75) is 6.92 Å². The molecule has 0 heterocycles. The van der Waals surface area contributed by atoms with Crippen LogP contribution in [0.3, 0.4) is 0 Å². The van der Waals surface area contributed by atoms with Gasteiger partial charge in [-0.15, -0.1) is 0 Å². The first kappa shape index (κ1) is 14.8. The number of para-hydroxylation sites is 2. The summed E-state index contributed by atoms with van der Waals surface area (Å²) in [5, 5.41) is 11.8. The second kappa shape index (κ2) is 7.95. The van der Waals surface area contributed by atoms with Gasteiger partial charge in [-0.2, -0.15) is 10.4 Å². The zero-order valence-electron chi connectivity index (χ0n) is 10.2. The Balaban J connectivity index is 2.74. The number of halogens is 1. The van der Waals surface area contributed by atoms with Crippen LogP contribution in [0, 0.1) is 11.3 Å². The minimum absolute atomic E-state index is 0.0893. The molecule has 0 atom stereocenters. The third-order valence-corrected chi connectivity index (χ3v) is 2.14. The molecule has 0 aliphatic carbocycles. The van der Waals surface area contributed by atoms with Crippen molar-refractivity contribution < 1.29 is 14.3 Å². The van der Waals surface area contributed by atoms with E-state index in [0.717, 1.165) is 0 Å². The van der Waals surface area contributed by atoms with Crippen LogP contribution < -0.4 is 10.2 Å². The van der Waals surface area contributed by atoms with E-state index in [1.807, 2.05) is 6.07 Å². The van der Waals surface area contributed by atoms with E-state index in [4.69, 9.17) is 21.6 Å². The van der Waals surface area contributed by atoms with E-state index in [1.165, 1.54) is 0 Å². The molecule has 0 radical (unpaired) electrons. The van der Waals surface area contributed by atoms with Gasteiger partial charge in [0.1, 0.15) is 11.8 Å². The molecule has 0 fully saturated rings. The Kier molecular flexibility index (Phi) is 6.19. The van der Waals surface area contributed by atoms with Crippen molar-refractivity contribution in [3.05, 3.63) is 24.3 Å². The van der Waals surface area contributed by atoms with Gasteiger partial charge in [0.2, 0.25) is 5.17 Å². The molecule has 0 aromatic heterocycles. The molecule has 1 aromatic rings. The van der Waals surface area contributed by atoms with Gasteiger partial charge >= 0.3 is 5.97 Å². The molecule has 0 aliphatic heterocycles. The van der Waals surface area contributed by atoms with Crippen LogP contribution in [0.1, 0.15) is 6.92 Å². The van der Waals surface area contributed by atoms with Gasteiger partial charge in [0.05, 0.1) is 12.3 Å². The average molecular weight is 282 g/mol. The lowest BCUT2D eigenvalue weighted by molar-refractivity contribution is -0.134. The van der Waals surface area contributed by atoms with Crippen molar-refractivity contribution in [3.8, 4) is 11.8 Å². The first-order valence-electron chi connectivity index (χ1n) is 5.44. The fraction of sp³-hybridized carbons (Fsp3) is 0.250. The fourth-order valence-corrected chi connectivity index (χ4v) is 1.24. The Hall–Kier alpha value is -2.26. The number of hydrazone groups is 1. The van der Waals surface area contributed by atoms with E-state index in [2.05, 4.69) is 15.3 Å². The number of rotatable bonds is 6. The number of nitrogens with zero attached hydrogens (tertiary/aromatic N) is 2. The van der Waals surface area contributed by atoms with Crippen molar-refractivity contribution in [2.75, 3.05) is 18.6 Å². The highest BCUT2D eigenvalue weighted by atomic mass is 35.5. The molecule has 0 unspecified atom stereocenters. The average Bonchev–Trinajstić information content (AvgIpc) is 2.43. The number of hydrogen-bond acceptors (Lipinski definition) is 6. The minimum Gasteiger partial charge on any atom is -0.477 e. The molecule has 1 rings (SSSR count). The minimum atomic E-state index is -0.716. The maximum atomic E-state index is 11.2. The predicted octanol–water partition coefficient (Wildman–Crippen LogP) is 2.12. The van der Waals surface area contributed by atoms with Gasteiger partial charge in [-0.25, -0.2) is 4.79 Å². The summed E-state index contributed by atoms with van der Waals surface area (Å²) in [5.74, 6) is -0.284. The summed E-state index contributed by atoms with van der Waals surface area (Å²) in [6.45, 7) is 1.79. The second-order valence-corrected chi connectivity index (χ2v) is 3.54. The number of carbonyl (C=O) groups is 1. The van der Waals surface area contributed by atoms with E-state index in [1.54, 1.807) is 31.2 Å². The van der Waals surface area contributed by atoms with Crippen molar-refractivity contribution in [2.24, 2.45) is 5.10 Å². The zero-order valence-corrected chi connectivity index (χ0v) is 11.0. The standard InChI is InChI=1S/C12H12ClN3O3/c1-2-18-12(17)11(13)16-15-9-5-3-4-6-10(9)19-8-7-14/h3-6,15H,2,8H2,1H3. The van der Waals surface area contributed by atoms with Crippen LogP contribution >= 0.6 is 11.6 Å². The van der Waals surface area contributed by atoms with Crippen LogP contribution in [0.15, 0.2) is 29.4 Å². The van der Waals surface area contributed by atoms with E-state index in [-0.39, 0.29) is 18.4 Å². The van der Waals surface area contributed by atoms with Crippen LogP contribution in [-0.4, -0.2) is 24.4 Å². The third kappa shape index (κ3) is 4.85. The molecule has 0 spiro atoms. The van der Waals surface area contributed by atoms with Crippen molar-refractivity contribution in [1.29, 1.82) is 5.26 Å². The SMILES string of the molecule is CCOC(=O)C(Cl)=NNc1ccccc1OCC#N. The number of esters is 1. The summed E-state index contributed by atoms with van der Waals surface area (Å²) in [4.78, 5) is 11.2. The van der Waals surface area contributed by atoms with Gasteiger partial charge in [-0.05, 0) is 19.1 Å². The lowest BCUT2D eigenvalue weighted by Crippen LogP contribution is -2.13. The third-order valence-electron chi connectivity index (χ3n) is 1.90. The van der Waals surface area contributed by atoms with Crippen LogP contribution in [0.4, 0.5) is 5.69 Å². The summed E-state index contributed by atoms with van der Waals surface area (Å²) < 4.78 is 9.85. The first-order chi connectivity index (χ1) is 9.19. The Bertz CT molecular complexity index is 511. The van der Waals surface area contributed by atoms with E-state index in [9.17, 15) is 4.79 Å². The fourth-order valence-electron chi connectivity index (χ4n) is 1.14. The van der Waals surface area contributed by atoms with Crippen molar-refractivity contribution >= 4 is 28.4 Å². The summed E-state index contributed by atoms with van der Waals surface area (Å²) in [7, 11) is 0. The number of nitriles is 1. The maximum Gasteiger partial charge on any atom is 0.370 e. The summed E-state index contributed by atoms with van der Waals surface area (Å²) >= 11 is 5.64. The Morgan fingerprint density at radius 2 is 2.26 bits per heavy atom. The number of benzene rings is 1. The van der Waals surface area contributed by atoms with Gasteiger partial charge in [0, 0.05) is 0 Å². The largest absolute Gasteiger partial charge is 0.477 e. The Morgan fingerprint density at radius 1 is 1.53 bits per heavy atom. The quantitative estimate of drug-likeness (QED) is 0.490. The predicted molar refractivity (Wildman–Crippen MR) is 71.1 cm³/mol. The zero-order chi connectivity index (χ0) is 14.1. The van der Waals surface area contributed by atoms with Crippen molar-refractivity contribution in [1.82, 2.24) is 0 Å². The molecular formula is C12H12ClN3O3. The summed E-state index contributed by atoms with van der Waals surface area (Å²) in [5.41, 5.74) is 3.07. The lowest BCUT2D eigenvalue weighted by atomic mass is 10.3. The molecular weight excluding hydrogens is 270 g/mol. The Morgan fingerprint density at radius 3 is 2.95 bits per heavy atom. The number of carbonyl (C=O) groups excluding carboxylic acids is 1. The maximum absolute atomic E-state index is 11.2. The molecule has 0 saturated heterocycles. The molecule has 0 amide bonds. The topological polar surface area (TPSA) is 83.7 Å².